The summed E-state index contributed by atoms with van der Waals surface area (Å²) in [5.41, 5.74) is 5.74. The van der Waals surface area contributed by atoms with Crippen LogP contribution in [0.15, 0.2) is 0 Å². The van der Waals surface area contributed by atoms with Crippen molar-refractivity contribution in [1.29, 1.82) is 0 Å². The number of amides is 1. The van der Waals surface area contributed by atoms with E-state index >= 15 is 0 Å². The van der Waals surface area contributed by atoms with Crippen LogP contribution in [0.1, 0.15) is 53.9 Å². The molecule has 0 atom stereocenters. The summed E-state index contributed by atoms with van der Waals surface area (Å²) in [4.78, 5) is 15.0. The number of nitrogens with zero attached hydrogens (tertiary/aromatic N) is 2. The summed E-state index contributed by atoms with van der Waals surface area (Å²) in [6.45, 7) is 19.2. The Morgan fingerprint density at radius 1 is 1.08 bits per heavy atom. The van der Waals surface area contributed by atoms with Crippen molar-refractivity contribution < 1.29 is 4.79 Å². The molecule has 0 aromatic heterocycles. The molecule has 2 saturated heterocycles. The summed E-state index contributed by atoms with van der Waals surface area (Å²) in [7, 11) is 0. The molecule has 2 rings (SSSR count). The number of carbonyl (C=O) groups is 1. The van der Waals surface area contributed by atoms with Gasteiger partial charge in [0.25, 0.3) is 0 Å². The molecule has 0 bridgehead atoms. The zero-order valence-electron chi connectivity index (χ0n) is 16.8. The lowest BCUT2D eigenvalue weighted by Gasteiger charge is -2.34. The van der Waals surface area contributed by atoms with Crippen molar-refractivity contribution in [3.8, 4) is 0 Å². The van der Waals surface area contributed by atoms with Crippen LogP contribution in [0.2, 0.25) is 0 Å². The molecule has 0 radical (unpaired) electrons. The Morgan fingerprint density at radius 2 is 1.62 bits per heavy atom. The molecular weight excluding hydrogens is 300 g/mol. The second kappa shape index (κ2) is 13.6. The number of carbonyl (C=O) groups excluding carboxylic acids is 1. The Balaban J connectivity index is 0.000000501. The minimum Gasteiger partial charge on any atom is -0.345 e. The van der Waals surface area contributed by atoms with Gasteiger partial charge in [-0.1, -0.05) is 34.6 Å². The lowest BCUT2D eigenvalue weighted by atomic mass is 9.93. The van der Waals surface area contributed by atoms with E-state index in [0.29, 0.717) is 5.41 Å². The topological polar surface area (TPSA) is 61.6 Å². The molecule has 5 heteroatoms. The molecular formula is C19H42N4O. The summed E-state index contributed by atoms with van der Waals surface area (Å²) in [5, 5.41) is 3.37. The molecule has 0 aliphatic carbocycles. The maximum atomic E-state index is 10.6. The van der Waals surface area contributed by atoms with E-state index in [9.17, 15) is 4.79 Å². The van der Waals surface area contributed by atoms with Gasteiger partial charge in [-0.15, -0.1) is 0 Å². The summed E-state index contributed by atoms with van der Waals surface area (Å²) in [6.07, 6.45) is 4.47. The van der Waals surface area contributed by atoms with E-state index in [4.69, 9.17) is 5.73 Å². The molecule has 24 heavy (non-hydrogen) atoms. The molecule has 0 spiro atoms. The van der Waals surface area contributed by atoms with Crippen LogP contribution in [0.25, 0.3) is 0 Å². The first-order valence-electron chi connectivity index (χ1n) is 9.77. The first-order valence-corrected chi connectivity index (χ1v) is 9.77. The molecule has 1 amide bonds. The number of piperidine rings is 1. The molecule has 0 unspecified atom stereocenters. The van der Waals surface area contributed by atoms with Gasteiger partial charge < -0.3 is 20.9 Å². The van der Waals surface area contributed by atoms with Crippen LogP contribution in [-0.4, -0.2) is 68.6 Å². The zero-order chi connectivity index (χ0) is 18.4. The normalized spacial score (nSPS) is 19.7. The van der Waals surface area contributed by atoms with Gasteiger partial charge in [-0.05, 0) is 37.1 Å². The fraction of sp³-hybridized carbons (Fsp3) is 0.947. The molecule has 2 fully saturated rings. The van der Waals surface area contributed by atoms with Gasteiger partial charge in [0.2, 0.25) is 6.41 Å². The van der Waals surface area contributed by atoms with Gasteiger partial charge in [-0.25, -0.2) is 0 Å². The third kappa shape index (κ3) is 11.8. The Morgan fingerprint density at radius 3 is 2.00 bits per heavy atom. The minimum absolute atomic E-state index is 0.425. The quantitative estimate of drug-likeness (QED) is 0.769. The molecule has 144 valence electrons. The second-order valence-corrected chi connectivity index (χ2v) is 7.73. The van der Waals surface area contributed by atoms with E-state index in [0.717, 1.165) is 51.5 Å². The van der Waals surface area contributed by atoms with Crippen molar-refractivity contribution in [2.75, 3.05) is 52.4 Å². The maximum Gasteiger partial charge on any atom is 0.209 e. The van der Waals surface area contributed by atoms with Gasteiger partial charge in [-0.2, -0.15) is 0 Å². The van der Waals surface area contributed by atoms with Gasteiger partial charge in [0.15, 0.2) is 0 Å². The Hall–Kier alpha value is -0.650. The fourth-order valence-electron chi connectivity index (χ4n) is 2.93. The molecule has 0 saturated carbocycles. The Bertz CT molecular complexity index is 290. The van der Waals surface area contributed by atoms with Crippen LogP contribution in [0, 0.1) is 11.3 Å². The molecule has 2 heterocycles. The van der Waals surface area contributed by atoms with E-state index in [-0.39, 0.29) is 0 Å². The summed E-state index contributed by atoms with van der Waals surface area (Å²) in [6, 6.07) is 0. The van der Waals surface area contributed by atoms with Crippen LogP contribution in [-0.2, 0) is 4.79 Å². The van der Waals surface area contributed by atoms with Gasteiger partial charge in [0.1, 0.15) is 0 Å². The molecule has 2 aliphatic heterocycles. The van der Waals surface area contributed by atoms with Crippen LogP contribution in [0.3, 0.4) is 0 Å². The van der Waals surface area contributed by atoms with E-state index in [1.165, 1.54) is 32.5 Å². The highest BCUT2D eigenvalue weighted by molar-refractivity contribution is 5.47. The second-order valence-electron chi connectivity index (χ2n) is 7.73. The van der Waals surface area contributed by atoms with E-state index in [2.05, 4.69) is 31.0 Å². The van der Waals surface area contributed by atoms with E-state index in [1.807, 2.05) is 18.7 Å². The van der Waals surface area contributed by atoms with Gasteiger partial charge in [0, 0.05) is 45.8 Å². The number of hydrogen-bond acceptors (Lipinski definition) is 4. The average molecular weight is 343 g/mol. The molecule has 3 N–H and O–H groups in total. The smallest absolute Gasteiger partial charge is 0.209 e. The van der Waals surface area contributed by atoms with Gasteiger partial charge in [0.05, 0.1) is 0 Å². The maximum absolute atomic E-state index is 10.6. The zero-order valence-corrected chi connectivity index (χ0v) is 16.8. The predicted octanol–water partition coefficient (Wildman–Crippen LogP) is 2.17. The van der Waals surface area contributed by atoms with Crippen molar-refractivity contribution in [3.05, 3.63) is 0 Å². The average Bonchev–Trinajstić information content (AvgIpc) is 2.58. The van der Waals surface area contributed by atoms with E-state index < -0.39 is 0 Å². The fourth-order valence-corrected chi connectivity index (χ4v) is 2.93. The van der Waals surface area contributed by atoms with Crippen molar-refractivity contribution in [2.24, 2.45) is 17.1 Å². The standard InChI is InChI=1S/C11H21N3O.C6H15N.C2H6/c15-10-14-5-1-11(2-6-14)9-13-7-3-12-4-8-13;1-6(2,3)4-5-7;1-2/h10-12H,1-9H2;4-5,7H2,1-3H3;1-2H3. The van der Waals surface area contributed by atoms with Crippen molar-refractivity contribution in [1.82, 2.24) is 15.1 Å². The molecule has 5 nitrogen and oxygen atoms in total. The van der Waals surface area contributed by atoms with Crippen molar-refractivity contribution in [2.45, 2.75) is 53.9 Å². The van der Waals surface area contributed by atoms with Gasteiger partial charge in [-0.3, -0.25) is 4.79 Å². The summed E-state index contributed by atoms with van der Waals surface area (Å²) < 4.78 is 0. The van der Waals surface area contributed by atoms with Crippen LogP contribution in [0.4, 0.5) is 0 Å². The number of hydrogen-bond donors (Lipinski definition) is 2. The molecule has 0 aromatic carbocycles. The largest absolute Gasteiger partial charge is 0.345 e. The van der Waals surface area contributed by atoms with E-state index in [1.54, 1.807) is 0 Å². The van der Waals surface area contributed by atoms with Crippen LogP contribution >= 0.6 is 0 Å². The Kier molecular flexibility index (Phi) is 13.3. The SMILES string of the molecule is CC.CC(C)(C)CCN.O=CN1CCC(CN2CCNCC2)CC1. The first-order chi connectivity index (χ1) is 11.4. The highest BCUT2D eigenvalue weighted by Crippen LogP contribution is 2.17. The lowest BCUT2D eigenvalue weighted by Crippen LogP contribution is -2.46. The highest BCUT2D eigenvalue weighted by atomic mass is 16.1. The predicted molar refractivity (Wildman–Crippen MR) is 104 cm³/mol. The minimum atomic E-state index is 0.425. The number of piperazine rings is 1. The monoisotopic (exact) mass is 342 g/mol. The number of rotatable bonds is 4. The van der Waals surface area contributed by atoms with Crippen molar-refractivity contribution >= 4 is 6.41 Å². The van der Waals surface area contributed by atoms with Crippen molar-refractivity contribution in [3.63, 3.8) is 0 Å². The third-order valence-corrected chi connectivity index (χ3v) is 4.42. The highest BCUT2D eigenvalue weighted by Gasteiger charge is 2.21. The lowest BCUT2D eigenvalue weighted by molar-refractivity contribution is -0.119. The molecule has 2 aliphatic rings. The first kappa shape index (κ1) is 23.4. The van der Waals surface area contributed by atoms with Crippen LogP contribution < -0.4 is 11.1 Å². The number of likely N-dealkylation sites (tertiary alicyclic amines) is 1. The molecule has 0 aromatic rings. The summed E-state index contributed by atoms with van der Waals surface area (Å²) in [5.74, 6) is 0.805. The Labute approximate surface area is 150 Å². The third-order valence-electron chi connectivity index (χ3n) is 4.42. The van der Waals surface area contributed by atoms with Gasteiger partial charge >= 0.3 is 0 Å². The van der Waals surface area contributed by atoms with Crippen LogP contribution in [0.5, 0.6) is 0 Å². The number of nitrogens with one attached hydrogen (secondary N) is 1. The summed E-state index contributed by atoms with van der Waals surface area (Å²) >= 11 is 0. The number of nitrogens with two attached hydrogens (primary N) is 1.